The van der Waals surface area contributed by atoms with Crippen LogP contribution in [0.4, 0.5) is 15.3 Å². The standard InChI is InChI=1S/C25H31FN6O3S/c1-15-12-31(13-16(2)35-15)19-8-6-7-18(28-19)21-22(26)36-24(30-21)29-20(33)11-27-23(34)17-9-10-32(14-17)25(3,4)5/h6-10,14-16H,11-13H2,1-5H3,(H,27,34)(H,29,30,33)/t15-,16+. The van der Waals surface area contributed by atoms with E-state index in [-0.39, 0.29) is 41.0 Å². The van der Waals surface area contributed by atoms with Crippen molar-refractivity contribution in [2.75, 3.05) is 29.9 Å². The molecule has 1 aliphatic heterocycles. The largest absolute Gasteiger partial charge is 0.372 e. The lowest BCUT2D eigenvalue weighted by Crippen LogP contribution is -2.45. The Labute approximate surface area is 213 Å². The van der Waals surface area contributed by atoms with Gasteiger partial charge < -0.3 is 24.8 Å². The maximum atomic E-state index is 14.7. The van der Waals surface area contributed by atoms with Crippen LogP contribution in [0.5, 0.6) is 0 Å². The van der Waals surface area contributed by atoms with E-state index in [4.69, 9.17) is 4.74 Å². The SMILES string of the molecule is C[C@@H]1CN(c2cccc(-c3nc(NC(=O)CNC(=O)c4ccn(C(C)(C)C)c4)sc3F)n2)C[C@H](C)O1. The molecule has 1 aliphatic rings. The van der Waals surface area contributed by atoms with Crippen LogP contribution in [0, 0.1) is 5.13 Å². The maximum absolute atomic E-state index is 14.7. The average Bonchev–Trinajstić information content (AvgIpc) is 3.44. The van der Waals surface area contributed by atoms with Gasteiger partial charge in [0.25, 0.3) is 5.91 Å². The molecule has 0 saturated carbocycles. The van der Waals surface area contributed by atoms with Crippen molar-refractivity contribution in [3.05, 3.63) is 47.4 Å². The lowest BCUT2D eigenvalue weighted by Gasteiger charge is -2.36. The van der Waals surface area contributed by atoms with E-state index in [1.807, 2.05) is 57.5 Å². The van der Waals surface area contributed by atoms with Crippen LogP contribution < -0.4 is 15.5 Å². The van der Waals surface area contributed by atoms with Crippen molar-refractivity contribution in [2.45, 2.75) is 52.4 Å². The molecule has 192 valence electrons. The maximum Gasteiger partial charge on any atom is 0.253 e. The lowest BCUT2D eigenvalue weighted by molar-refractivity contribution is -0.115. The molecule has 9 nitrogen and oxygen atoms in total. The first-order valence-corrected chi connectivity index (χ1v) is 12.6. The predicted octanol–water partition coefficient (Wildman–Crippen LogP) is 3.88. The van der Waals surface area contributed by atoms with E-state index >= 15 is 0 Å². The molecular weight excluding hydrogens is 483 g/mol. The number of ether oxygens (including phenoxy) is 1. The number of nitrogens with zero attached hydrogens (tertiary/aromatic N) is 4. The third-order valence-electron chi connectivity index (χ3n) is 5.69. The first-order chi connectivity index (χ1) is 17.0. The van der Waals surface area contributed by atoms with Gasteiger partial charge >= 0.3 is 0 Å². The Bertz CT molecular complexity index is 1240. The zero-order valence-electron chi connectivity index (χ0n) is 21.0. The molecule has 2 atom stereocenters. The number of thiazole rings is 1. The Morgan fingerprint density at radius 2 is 1.89 bits per heavy atom. The van der Waals surface area contributed by atoms with E-state index in [2.05, 4.69) is 25.5 Å². The fourth-order valence-corrected chi connectivity index (χ4v) is 4.70. The second-order valence-electron chi connectivity index (χ2n) is 9.89. The summed E-state index contributed by atoms with van der Waals surface area (Å²) >= 11 is 0.717. The molecule has 2 amide bonds. The Balaban J connectivity index is 1.38. The van der Waals surface area contributed by atoms with Crippen LogP contribution in [0.15, 0.2) is 36.7 Å². The molecule has 0 spiro atoms. The second kappa shape index (κ2) is 10.4. The van der Waals surface area contributed by atoms with E-state index in [0.717, 1.165) is 17.2 Å². The number of amides is 2. The number of pyridine rings is 1. The van der Waals surface area contributed by atoms with Gasteiger partial charge in [-0.2, -0.15) is 4.39 Å². The summed E-state index contributed by atoms with van der Waals surface area (Å²) in [5, 5.41) is 4.68. The molecule has 0 unspecified atom stereocenters. The van der Waals surface area contributed by atoms with Crippen LogP contribution in [0.3, 0.4) is 0 Å². The summed E-state index contributed by atoms with van der Waals surface area (Å²) in [7, 11) is 0. The molecule has 0 aliphatic carbocycles. The Morgan fingerprint density at radius 3 is 2.56 bits per heavy atom. The normalized spacial score (nSPS) is 18.2. The number of halogens is 1. The molecule has 1 saturated heterocycles. The van der Waals surface area contributed by atoms with Crippen molar-refractivity contribution in [3.63, 3.8) is 0 Å². The van der Waals surface area contributed by atoms with Gasteiger partial charge in [0.1, 0.15) is 11.5 Å². The van der Waals surface area contributed by atoms with E-state index in [0.29, 0.717) is 24.3 Å². The summed E-state index contributed by atoms with van der Waals surface area (Å²) in [6.45, 7) is 11.2. The number of anilines is 2. The summed E-state index contributed by atoms with van der Waals surface area (Å²) in [4.78, 5) is 35.7. The zero-order valence-corrected chi connectivity index (χ0v) is 21.9. The minimum absolute atomic E-state index is 0.0657. The van der Waals surface area contributed by atoms with E-state index in [1.165, 1.54) is 0 Å². The van der Waals surface area contributed by atoms with Gasteiger partial charge in [0.2, 0.25) is 11.0 Å². The number of rotatable bonds is 6. The van der Waals surface area contributed by atoms with Gasteiger partial charge in [0.05, 0.1) is 30.0 Å². The number of hydrogen-bond donors (Lipinski definition) is 2. The molecule has 4 rings (SSSR count). The van der Waals surface area contributed by atoms with Crippen LogP contribution >= 0.6 is 11.3 Å². The number of nitrogens with one attached hydrogen (secondary N) is 2. The number of carbonyl (C=O) groups is 2. The minimum atomic E-state index is -0.550. The molecule has 1 fully saturated rings. The Kier molecular flexibility index (Phi) is 7.41. The predicted molar refractivity (Wildman–Crippen MR) is 138 cm³/mol. The highest BCUT2D eigenvalue weighted by atomic mass is 32.1. The topological polar surface area (TPSA) is 101 Å². The van der Waals surface area contributed by atoms with Crippen molar-refractivity contribution in [1.82, 2.24) is 19.9 Å². The van der Waals surface area contributed by atoms with Crippen molar-refractivity contribution >= 4 is 34.1 Å². The van der Waals surface area contributed by atoms with Crippen molar-refractivity contribution in [2.24, 2.45) is 0 Å². The van der Waals surface area contributed by atoms with Crippen LogP contribution in [0.2, 0.25) is 0 Å². The quantitative estimate of drug-likeness (QED) is 0.518. The summed E-state index contributed by atoms with van der Waals surface area (Å²) in [5.74, 6) is -0.153. The molecule has 0 bridgehead atoms. The van der Waals surface area contributed by atoms with Gasteiger partial charge in [-0.1, -0.05) is 17.4 Å². The van der Waals surface area contributed by atoms with Gasteiger partial charge in [-0.15, -0.1) is 0 Å². The second-order valence-corrected chi connectivity index (χ2v) is 10.8. The van der Waals surface area contributed by atoms with Crippen molar-refractivity contribution < 1.29 is 18.7 Å². The molecule has 11 heteroatoms. The lowest BCUT2D eigenvalue weighted by atomic mass is 10.1. The van der Waals surface area contributed by atoms with Gasteiger partial charge in [-0.05, 0) is 52.8 Å². The van der Waals surface area contributed by atoms with E-state index < -0.39 is 11.0 Å². The Hall–Kier alpha value is -3.31. The molecule has 0 radical (unpaired) electrons. The third kappa shape index (κ3) is 6.08. The van der Waals surface area contributed by atoms with Gasteiger partial charge in [-0.3, -0.25) is 9.59 Å². The summed E-state index contributed by atoms with van der Waals surface area (Å²) in [6.07, 6.45) is 3.68. The van der Waals surface area contributed by atoms with Crippen LogP contribution in [-0.4, -0.2) is 58.2 Å². The molecule has 4 heterocycles. The molecular formula is C25H31FN6O3S. The molecule has 3 aromatic rings. The number of hydrogen-bond acceptors (Lipinski definition) is 7. The number of aromatic nitrogens is 3. The fraction of sp³-hybridized carbons (Fsp3) is 0.440. The summed E-state index contributed by atoms with van der Waals surface area (Å²) in [5.41, 5.74) is 0.746. The highest BCUT2D eigenvalue weighted by molar-refractivity contribution is 7.14. The highest BCUT2D eigenvalue weighted by Gasteiger charge is 2.24. The van der Waals surface area contributed by atoms with Crippen molar-refractivity contribution in [3.8, 4) is 11.4 Å². The van der Waals surface area contributed by atoms with Crippen molar-refractivity contribution in [1.29, 1.82) is 0 Å². The molecule has 0 aromatic carbocycles. The van der Waals surface area contributed by atoms with E-state index in [9.17, 15) is 14.0 Å². The van der Waals surface area contributed by atoms with Gasteiger partial charge in [-0.25, -0.2) is 9.97 Å². The molecule has 2 N–H and O–H groups in total. The zero-order chi connectivity index (χ0) is 26.0. The van der Waals surface area contributed by atoms with Crippen LogP contribution in [0.1, 0.15) is 45.0 Å². The smallest absolute Gasteiger partial charge is 0.253 e. The number of carbonyl (C=O) groups excluding carboxylic acids is 2. The third-order valence-corrected chi connectivity index (χ3v) is 6.45. The first kappa shape index (κ1) is 25.8. The van der Waals surface area contributed by atoms with Crippen LogP contribution in [-0.2, 0) is 15.1 Å². The summed E-state index contributed by atoms with van der Waals surface area (Å²) < 4.78 is 22.4. The summed E-state index contributed by atoms with van der Waals surface area (Å²) in [6, 6.07) is 7.06. The number of morpholine rings is 1. The fourth-order valence-electron chi connectivity index (χ4n) is 3.98. The van der Waals surface area contributed by atoms with Gasteiger partial charge in [0, 0.05) is 31.0 Å². The first-order valence-electron chi connectivity index (χ1n) is 11.8. The van der Waals surface area contributed by atoms with E-state index in [1.54, 1.807) is 18.3 Å². The average molecular weight is 515 g/mol. The monoisotopic (exact) mass is 514 g/mol. The molecule has 36 heavy (non-hydrogen) atoms. The van der Waals surface area contributed by atoms with Crippen LogP contribution in [0.25, 0.3) is 11.4 Å². The molecule has 3 aromatic heterocycles. The highest BCUT2D eigenvalue weighted by Crippen LogP contribution is 2.30. The Morgan fingerprint density at radius 1 is 1.17 bits per heavy atom. The minimum Gasteiger partial charge on any atom is -0.372 e. The van der Waals surface area contributed by atoms with Gasteiger partial charge in [0.15, 0.2) is 5.13 Å².